The molecule has 0 amide bonds. The highest BCUT2D eigenvalue weighted by atomic mass is 16.6. The molecule has 5 nitrogen and oxygen atoms in total. The first-order valence-electron chi connectivity index (χ1n) is 6.39. The Hall–Kier alpha value is -0.200. The lowest BCUT2D eigenvalue weighted by Crippen LogP contribution is -2.82. The molecule has 1 aliphatic rings. The first kappa shape index (κ1) is 15.9. The highest BCUT2D eigenvalue weighted by Gasteiger charge is 2.70. The smallest absolute Gasteiger partial charge is 0.124 e. The van der Waals surface area contributed by atoms with Gasteiger partial charge in [-0.05, 0) is 41.0 Å². The Morgan fingerprint density at radius 1 is 1.06 bits per heavy atom. The van der Waals surface area contributed by atoms with Gasteiger partial charge in [0.05, 0.1) is 12.2 Å². The Morgan fingerprint density at radius 3 is 1.83 bits per heavy atom. The molecule has 6 atom stereocenters. The predicted octanol–water partition coefficient (Wildman–Crippen LogP) is 0.188. The van der Waals surface area contributed by atoms with E-state index in [0.717, 1.165) is 0 Å². The summed E-state index contributed by atoms with van der Waals surface area (Å²) >= 11 is 0. The Bertz CT molecular complexity index is 315. The number of hydrogen-bond donors (Lipinski definition) is 4. The zero-order valence-electron chi connectivity index (χ0n) is 12.1. The second-order valence-electron chi connectivity index (χ2n) is 6.09. The molecular formula is C13H26O5. The summed E-state index contributed by atoms with van der Waals surface area (Å²) < 4.78 is 5.74. The summed E-state index contributed by atoms with van der Waals surface area (Å²) in [5.74, 6) is 0. The number of hydrogen-bond acceptors (Lipinski definition) is 5. The van der Waals surface area contributed by atoms with Crippen LogP contribution in [0, 0.1) is 0 Å². The zero-order valence-corrected chi connectivity index (χ0v) is 12.1. The van der Waals surface area contributed by atoms with Gasteiger partial charge in [-0.2, -0.15) is 0 Å². The summed E-state index contributed by atoms with van der Waals surface area (Å²) in [5, 5.41) is 41.7. The van der Waals surface area contributed by atoms with Gasteiger partial charge in [0.2, 0.25) is 0 Å². The quantitative estimate of drug-likeness (QED) is 0.570. The standard InChI is InChI=1S/C13H26O5/c1-7-9-10(3,15)12(5,16)13(6,17)11(4,18-9)8(2)14/h8-9,14-17H,7H2,1-6H3. The lowest BCUT2D eigenvalue weighted by Gasteiger charge is -2.63. The van der Waals surface area contributed by atoms with Crippen LogP contribution in [0.15, 0.2) is 0 Å². The van der Waals surface area contributed by atoms with Crippen molar-refractivity contribution < 1.29 is 25.2 Å². The third kappa shape index (κ3) is 1.65. The van der Waals surface area contributed by atoms with Crippen molar-refractivity contribution in [2.24, 2.45) is 0 Å². The monoisotopic (exact) mass is 262 g/mol. The summed E-state index contributed by atoms with van der Waals surface area (Å²) in [6.45, 7) is 9.05. The molecule has 18 heavy (non-hydrogen) atoms. The van der Waals surface area contributed by atoms with E-state index in [2.05, 4.69) is 0 Å². The molecule has 0 aromatic heterocycles. The van der Waals surface area contributed by atoms with Crippen LogP contribution in [0.4, 0.5) is 0 Å². The van der Waals surface area contributed by atoms with Crippen molar-refractivity contribution in [3.05, 3.63) is 0 Å². The van der Waals surface area contributed by atoms with Crippen LogP contribution in [0.1, 0.15) is 48.0 Å². The second kappa shape index (κ2) is 4.15. The molecule has 1 aliphatic heterocycles. The predicted molar refractivity (Wildman–Crippen MR) is 67.1 cm³/mol. The molecule has 0 spiro atoms. The number of ether oxygens (including phenoxy) is 1. The van der Waals surface area contributed by atoms with Crippen LogP contribution in [-0.4, -0.2) is 55.0 Å². The van der Waals surface area contributed by atoms with Crippen molar-refractivity contribution >= 4 is 0 Å². The average molecular weight is 262 g/mol. The Morgan fingerprint density at radius 2 is 1.50 bits per heavy atom. The number of aliphatic hydroxyl groups excluding tert-OH is 1. The molecular weight excluding hydrogens is 236 g/mol. The lowest BCUT2D eigenvalue weighted by atomic mass is 9.60. The van der Waals surface area contributed by atoms with Crippen molar-refractivity contribution in [3.8, 4) is 0 Å². The number of aliphatic hydroxyl groups is 4. The molecule has 1 saturated heterocycles. The Balaban J connectivity index is 3.40. The van der Waals surface area contributed by atoms with E-state index in [4.69, 9.17) is 4.74 Å². The maximum absolute atomic E-state index is 10.6. The summed E-state index contributed by atoms with van der Waals surface area (Å²) in [7, 11) is 0. The highest BCUT2D eigenvalue weighted by Crippen LogP contribution is 2.50. The van der Waals surface area contributed by atoms with Crippen LogP contribution in [-0.2, 0) is 4.74 Å². The van der Waals surface area contributed by atoms with Crippen LogP contribution in [0.25, 0.3) is 0 Å². The molecule has 1 rings (SSSR count). The van der Waals surface area contributed by atoms with Gasteiger partial charge < -0.3 is 25.2 Å². The van der Waals surface area contributed by atoms with Crippen molar-refractivity contribution in [1.82, 2.24) is 0 Å². The van der Waals surface area contributed by atoms with Gasteiger partial charge in [0.25, 0.3) is 0 Å². The van der Waals surface area contributed by atoms with Gasteiger partial charge in [0.15, 0.2) is 0 Å². The third-order valence-electron chi connectivity index (χ3n) is 5.08. The van der Waals surface area contributed by atoms with Gasteiger partial charge >= 0.3 is 0 Å². The molecule has 5 heteroatoms. The van der Waals surface area contributed by atoms with Crippen LogP contribution in [0.5, 0.6) is 0 Å². The Kier molecular flexibility index (Phi) is 3.65. The van der Waals surface area contributed by atoms with E-state index in [-0.39, 0.29) is 0 Å². The van der Waals surface area contributed by atoms with E-state index in [1.54, 1.807) is 6.92 Å². The van der Waals surface area contributed by atoms with E-state index in [9.17, 15) is 20.4 Å². The fourth-order valence-corrected chi connectivity index (χ4v) is 2.80. The summed E-state index contributed by atoms with van der Waals surface area (Å²) in [6, 6.07) is 0. The molecule has 6 unspecified atom stereocenters. The minimum atomic E-state index is -1.81. The zero-order chi connectivity index (χ0) is 14.6. The highest BCUT2D eigenvalue weighted by molar-refractivity contribution is 5.20. The van der Waals surface area contributed by atoms with Crippen LogP contribution < -0.4 is 0 Å². The molecule has 0 aliphatic carbocycles. The molecule has 4 N–H and O–H groups in total. The average Bonchev–Trinajstić information content (AvgIpc) is 2.22. The minimum absolute atomic E-state index is 0.460. The van der Waals surface area contributed by atoms with E-state index in [1.165, 1.54) is 27.7 Å². The lowest BCUT2D eigenvalue weighted by molar-refractivity contribution is -0.383. The van der Waals surface area contributed by atoms with E-state index in [1.807, 2.05) is 6.92 Å². The van der Waals surface area contributed by atoms with E-state index >= 15 is 0 Å². The molecule has 0 saturated carbocycles. The van der Waals surface area contributed by atoms with Crippen molar-refractivity contribution in [2.75, 3.05) is 0 Å². The van der Waals surface area contributed by atoms with Gasteiger partial charge in [-0.25, -0.2) is 0 Å². The van der Waals surface area contributed by atoms with Gasteiger partial charge in [0.1, 0.15) is 22.4 Å². The molecule has 0 aromatic carbocycles. The fraction of sp³-hybridized carbons (Fsp3) is 1.00. The largest absolute Gasteiger partial charge is 0.390 e. The van der Waals surface area contributed by atoms with E-state index in [0.29, 0.717) is 6.42 Å². The molecule has 0 aromatic rings. The minimum Gasteiger partial charge on any atom is -0.390 e. The molecule has 0 bridgehead atoms. The Labute approximate surface area is 108 Å². The second-order valence-corrected chi connectivity index (χ2v) is 6.09. The maximum Gasteiger partial charge on any atom is 0.124 e. The van der Waals surface area contributed by atoms with Crippen LogP contribution in [0.3, 0.4) is 0 Å². The van der Waals surface area contributed by atoms with Gasteiger partial charge in [-0.3, -0.25) is 0 Å². The summed E-state index contributed by atoms with van der Waals surface area (Å²) in [4.78, 5) is 0. The van der Waals surface area contributed by atoms with Gasteiger partial charge in [0, 0.05) is 0 Å². The van der Waals surface area contributed by atoms with Crippen LogP contribution in [0.2, 0.25) is 0 Å². The maximum atomic E-state index is 10.6. The first-order valence-corrected chi connectivity index (χ1v) is 6.39. The SMILES string of the molecule is CCC1OC(C)(C(C)O)C(C)(O)C(C)(O)C1(C)O. The molecule has 1 heterocycles. The molecule has 108 valence electrons. The van der Waals surface area contributed by atoms with Gasteiger partial charge in [-0.15, -0.1) is 0 Å². The van der Waals surface area contributed by atoms with Crippen LogP contribution >= 0.6 is 0 Å². The van der Waals surface area contributed by atoms with E-state index < -0.39 is 34.6 Å². The normalized spacial score (nSPS) is 55.3. The first-order chi connectivity index (χ1) is 7.86. The number of rotatable bonds is 2. The van der Waals surface area contributed by atoms with Crippen molar-refractivity contribution in [1.29, 1.82) is 0 Å². The summed E-state index contributed by atoms with van der Waals surface area (Å²) in [5.41, 5.74) is -6.59. The fourth-order valence-electron chi connectivity index (χ4n) is 2.80. The molecule has 1 fully saturated rings. The van der Waals surface area contributed by atoms with Crippen molar-refractivity contribution in [3.63, 3.8) is 0 Å². The third-order valence-corrected chi connectivity index (χ3v) is 5.08. The van der Waals surface area contributed by atoms with Gasteiger partial charge in [-0.1, -0.05) is 6.92 Å². The molecule has 0 radical (unpaired) electrons. The summed E-state index contributed by atoms with van der Waals surface area (Å²) in [6.07, 6.45) is -1.21. The van der Waals surface area contributed by atoms with Crippen molar-refractivity contribution in [2.45, 2.75) is 82.6 Å². The topological polar surface area (TPSA) is 90.2 Å².